The third-order valence-corrected chi connectivity index (χ3v) is 5.02. The van der Waals surface area contributed by atoms with Crippen molar-refractivity contribution in [2.24, 2.45) is 0 Å². The minimum atomic E-state index is -1.30. The highest BCUT2D eigenvalue weighted by molar-refractivity contribution is 6.09. The molecule has 0 aliphatic carbocycles. The van der Waals surface area contributed by atoms with Crippen molar-refractivity contribution >= 4 is 17.8 Å². The Morgan fingerprint density at radius 3 is 2.39 bits per heavy atom. The summed E-state index contributed by atoms with van der Waals surface area (Å²) in [6, 6.07) is 13.9. The first kappa shape index (κ1) is 19.5. The lowest BCUT2D eigenvalue weighted by atomic mass is 9.87. The van der Waals surface area contributed by atoms with Crippen molar-refractivity contribution in [3.63, 3.8) is 0 Å². The van der Waals surface area contributed by atoms with E-state index in [1.807, 2.05) is 37.3 Å². The summed E-state index contributed by atoms with van der Waals surface area (Å²) >= 11 is 0. The number of carbonyl (C=O) groups is 3. The molecule has 1 aliphatic rings. The van der Waals surface area contributed by atoms with Gasteiger partial charge < -0.3 is 10.6 Å². The van der Waals surface area contributed by atoms with Crippen LogP contribution in [0.3, 0.4) is 0 Å². The largest absolute Gasteiger partial charge is 0.348 e. The predicted molar refractivity (Wildman–Crippen MR) is 102 cm³/mol. The number of nitrogens with zero attached hydrogens (tertiary/aromatic N) is 1. The standard InChI is InChI=1S/C21H22FN3O3/c1-3-21(16-9-11-17(22)12-10-16)19(27)25(20(28)24-21)13-18(26)23-14(2)15-7-5-4-6-8-15/h4-12,14H,3,13H2,1-2H3,(H,23,26)(H,24,28)/t14-,21-/m1/s1. The van der Waals surface area contributed by atoms with Gasteiger partial charge in [-0.1, -0.05) is 49.4 Å². The Kier molecular flexibility index (Phi) is 5.44. The highest BCUT2D eigenvalue weighted by Gasteiger charge is 2.51. The number of rotatable bonds is 6. The van der Waals surface area contributed by atoms with Crippen LogP contribution in [-0.2, 0) is 15.1 Å². The molecule has 2 aromatic carbocycles. The van der Waals surface area contributed by atoms with Crippen LogP contribution in [0.2, 0.25) is 0 Å². The van der Waals surface area contributed by atoms with Crippen LogP contribution in [0.1, 0.15) is 37.4 Å². The molecule has 0 aromatic heterocycles. The summed E-state index contributed by atoms with van der Waals surface area (Å²) in [6.07, 6.45) is 0.280. The van der Waals surface area contributed by atoms with Crippen molar-refractivity contribution in [1.29, 1.82) is 0 Å². The van der Waals surface area contributed by atoms with Crippen LogP contribution in [0, 0.1) is 5.82 Å². The average molecular weight is 383 g/mol. The van der Waals surface area contributed by atoms with E-state index >= 15 is 0 Å². The molecule has 0 bridgehead atoms. The van der Waals surface area contributed by atoms with Gasteiger partial charge in [-0.05, 0) is 36.6 Å². The predicted octanol–water partition coefficient (Wildman–Crippen LogP) is 2.86. The molecule has 3 rings (SSSR count). The summed E-state index contributed by atoms with van der Waals surface area (Å²) in [7, 11) is 0. The number of amides is 4. The van der Waals surface area contributed by atoms with Gasteiger partial charge in [0, 0.05) is 0 Å². The van der Waals surface area contributed by atoms with Gasteiger partial charge in [-0.25, -0.2) is 9.18 Å². The summed E-state index contributed by atoms with van der Waals surface area (Å²) in [5.74, 6) is -1.39. The quantitative estimate of drug-likeness (QED) is 0.753. The lowest BCUT2D eigenvalue weighted by molar-refractivity contribution is -0.135. The Morgan fingerprint density at radius 2 is 1.79 bits per heavy atom. The molecule has 1 heterocycles. The first-order chi connectivity index (χ1) is 13.4. The number of halogens is 1. The molecule has 6 nitrogen and oxygen atoms in total. The minimum absolute atomic E-state index is 0.262. The second kappa shape index (κ2) is 7.80. The minimum Gasteiger partial charge on any atom is -0.348 e. The van der Waals surface area contributed by atoms with Crippen molar-refractivity contribution in [3.8, 4) is 0 Å². The zero-order valence-electron chi connectivity index (χ0n) is 15.7. The normalized spacial score (nSPS) is 20.0. The van der Waals surface area contributed by atoms with E-state index in [1.165, 1.54) is 24.3 Å². The maximum atomic E-state index is 13.3. The second-order valence-electron chi connectivity index (χ2n) is 6.79. The van der Waals surface area contributed by atoms with E-state index in [0.29, 0.717) is 5.56 Å². The average Bonchev–Trinajstić information content (AvgIpc) is 2.94. The Labute approximate surface area is 162 Å². The fourth-order valence-electron chi connectivity index (χ4n) is 3.40. The van der Waals surface area contributed by atoms with E-state index in [2.05, 4.69) is 10.6 Å². The maximum absolute atomic E-state index is 13.3. The summed E-state index contributed by atoms with van der Waals surface area (Å²) in [4.78, 5) is 38.8. The first-order valence-electron chi connectivity index (χ1n) is 9.12. The van der Waals surface area contributed by atoms with E-state index in [9.17, 15) is 18.8 Å². The molecular formula is C21H22FN3O3. The summed E-state index contributed by atoms with van der Waals surface area (Å²) < 4.78 is 13.3. The monoisotopic (exact) mass is 383 g/mol. The SMILES string of the molecule is CC[C@]1(c2ccc(F)cc2)NC(=O)N(CC(=O)N[C@H](C)c2ccccc2)C1=O. The zero-order chi connectivity index (χ0) is 20.3. The Morgan fingerprint density at radius 1 is 1.14 bits per heavy atom. The van der Waals surface area contributed by atoms with Gasteiger partial charge in [-0.3, -0.25) is 14.5 Å². The van der Waals surface area contributed by atoms with Gasteiger partial charge in [0.15, 0.2) is 0 Å². The fraction of sp³-hybridized carbons (Fsp3) is 0.286. The first-order valence-corrected chi connectivity index (χ1v) is 9.12. The van der Waals surface area contributed by atoms with Gasteiger partial charge in [0.2, 0.25) is 5.91 Å². The molecule has 0 radical (unpaired) electrons. The van der Waals surface area contributed by atoms with Gasteiger partial charge in [0.25, 0.3) is 5.91 Å². The van der Waals surface area contributed by atoms with Gasteiger partial charge in [0.05, 0.1) is 6.04 Å². The molecule has 0 saturated carbocycles. The number of benzene rings is 2. The van der Waals surface area contributed by atoms with Crippen molar-refractivity contribution in [1.82, 2.24) is 15.5 Å². The van der Waals surface area contributed by atoms with Gasteiger partial charge in [0.1, 0.15) is 17.9 Å². The second-order valence-corrected chi connectivity index (χ2v) is 6.79. The van der Waals surface area contributed by atoms with E-state index in [4.69, 9.17) is 0 Å². The summed E-state index contributed by atoms with van der Waals surface area (Å²) in [6.45, 7) is 3.20. The van der Waals surface area contributed by atoms with Gasteiger partial charge in [-0.2, -0.15) is 0 Å². The van der Waals surface area contributed by atoms with E-state index in [0.717, 1.165) is 10.5 Å². The van der Waals surface area contributed by atoms with E-state index in [-0.39, 0.29) is 19.0 Å². The molecule has 2 atom stereocenters. The van der Waals surface area contributed by atoms with Crippen molar-refractivity contribution in [2.75, 3.05) is 6.54 Å². The van der Waals surface area contributed by atoms with Crippen LogP contribution in [0.5, 0.6) is 0 Å². The van der Waals surface area contributed by atoms with Crippen LogP contribution in [0.15, 0.2) is 54.6 Å². The van der Waals surface area contributed by atoms with Crippen LogP contribution >= 0.6 is 0 Å². The van der Waals surface area contributed by atoms with Crippen LogP contribution in [-0.4, -0.2) is 29.3 Å². The number of hydrogen-bond donors (Lipinski definition) is 2. The molecule has 0 spiro atoms. The third kappa shape index (κ3) is 3.60. The fourth-order valence-corrected chi connectivity index (χ4v) is 3.40. The molecule has 0 unspecified atom stereocenters. The lowest BCUT2D eigenvalue weighted by Gasteiger charge is -2.25. The molecule has 1 fully saturated rings. The molecule has 2 aromatic rings. The Bertz CT molecular complexity index is 886. The Balaban J connectivity index is 1.74. The lowest BCUT2D eigenvalue weighted by Crippen LogP contribution is -2.45. The topological polar surface area (TPSA) is 78.5 Å². The number of urea groups is 1. The molecule has 1 aliphatic heterocycles. The van der Waals surface area contributed by atoms with E-state index < -0.39 is 29.2 Å². The summed E-state index contributed by atoms with van der Waals surface area (Å²) in [5.41, 5.74) is 0.105. The van der Waals surface area contributed by atoms with Gasteiger partial charge >= 0.3 is 6.03 Å². The van der Waals surface area contributed by atoms with Crippen molar-refractivity contribution in [2.45, 2.75) is 31.8 Å². The molecule has 4 amide bonds. The number of hydrogen-bond acceptors (Lipinski definition) is 3. The van der Waals surface area contributed by atoms with Gasteiger partial charge in [-0.15, -0.1) is 0 Å². The van der Waals surface area contributed by atoms with Crippen LogP contribution < -0.4 is 10.6 Å². The van der Waals surface area contributed by atoms with Crippen LogP contribution in [0.25, 0.3) is 0 Å². The highest BCUT2D eigenvalue weighted by Crippen LogP contribution is 2.32. The number of imide groups is 1. The zero-order valence-corrected chi connectivity index (χ0v) is 15.7. The molecule has 2 N–H and O–H groups in total. The molecule has 146 valence electrons. The van der Waals surface area contributed by atoms with Crippen LogP contribution in [0.4, 0.5) is 9.18 Å². The number of carbonyl (C=O) groups excluding carboxylic acids is 3. The maximum Gasteiger partial charge on any atom is 0.325 e. The molecule has 28 heavy (non-hydrogen) atoms. The highest BCUT2D eigenvalue weighted by atomic mass is 19.1. The third-order valence-electron chi connectivity index (χ3n) is 5.02. The molecule has 7 heteroatoms. The molecule has 1 saturated heterocycles. The smallest absolute Gasteiger partial charge is 0.325 e. The number of nitrogens with one attached hydrogen (secondary N) is 2. The summed E-state index contributed by atoms with van der Waals surface area (Å²) in [5, 5.41) is 5.47. The Hall–Kier alpha value is -3.22. The van der Waals surface area contributed by atoms with Crippen molar-refractivity contribution < 1.29 is 18.8 Å². The molecular weight excluding hydrogens is 361 g/mol. The van der Waals surface area contributed by atoms with E-state index in [1.54, 1.807) is 6.92 Å². The van der Waals surface area contributed by atoms with Crippen molar-refractivity contribution in [3.05, 3.63) is 71.5 Å².